The number of nitrogens with one attached hydrogen (secondary N) is 2. The van der Waals surface area contributed by atoms with E-state index in [-0.39, 0.29) is 6.10 Å². The van der Waals surface area contributed by atoms with Crippen LogP contribution in [0.4, 0.5) is 0 Å². The van der Waals surface area contributed by atoms with Gasteiger partial charge in [0.25, 0.3) is 0 Å². The van der Waals surface area contributed by atoms with Crippen molar-refractivity contribution in [2.24, 2.45) is 10.9 Å². The monoisotopic (exact) mass is 373 g/mol. The number of aliphatic imine (C=N–C) groups is 1. The molecule has 1 atom stereocenters. The topological polar surface area (TPSA) is 79.1 Å². The minimum Gasteiger partial charge on any atom is -0.374 e. The first-order valence-corrected chi connectivity index (χ1v) is 9.80. The number of hydrogen-bond donors (Lipinski definition) is 2. The van der Waals surface area contributed by atoms with Crippen molar-refractivity contribution in [3.8, 4) is 0 Å². The molecule has 2 aromatic heterocycles. The Bertz CT molecular complexity index is 742. The first kappa shape index (κ1) is 19.6. The van der Waals surface area contributed by atoms with Crippen molar-refractivity contribution in [2.75, 3.05) is 39.3 Å². The number of guanidine groups is 1. The van der Waals surface area contributed by atoms with Crippen molar-refractivity contribution in [1.82, 2.24) is 30.1 Å². The van der Waals surface area contributed by atoms with Gasteiger partial charge in [-0.25, -0.2) is 4.99 Å². The molecular formula is C19H31N7O. The van der Waals surface area contributed by atoms with Gasteiger partial charge in [0.2, 0.25) is 0 Å². The number of aromatic nitrogens is 3. The zero-order valence-corrected chi connectivity index (χ0v) is 16.6. The van der Waals surface area contributed by atoms with Crippen LogP contribution < -0.4 is 10.6 Å². The standard InChI is InChI=1S/C19H31N7O/c1-4-20-19(21-11-16-14-25(9-10-27-16)13-15(2)3)22-12-18-24-23-17-7-5-6-8-26(17)18/h5-8,15-16H,4,9-14H2,1-3H3,(H2,20,21,22). The van der Waals surface area contributed by atoms with Gasteiger partial charge < -0.3 is 15.4 Å². The van der Waals surface area contributed by atoms with E-state index < -0.39 is 0 Å². The fourth-order valence-electron chi connectivity index (χ4n) is 3.29. The van der Waals surface area contributed by atoms with Gasteiger partial charge in [-0.15, -0.1) is 10.2 Å². The molecular weight excluding hydrogens is 342 g/mol. The lowest BCUT2D eigenvalue weighted by Gasteiger charge is -2.34. The zero-order valence-electron chi connectivity index (χ0n) is 16.6. The number of hydrogen-bond acceptors (Lipinski definition) is 5. The van der Waals surface area contributed by atoms with Crippen molar-refractivity contribution in [2.45, 2.75) is 33.4 Å². The molecule has 0 amide bonds. The van der Waals surface area contributed by atoms with E-state index in [0.717, 1.165) is 56.8 Å². The molecule has 1 aliphatic rings. The van der Waals surface area contributed by atoms with E-state index in [1.165, 1.54) is 0 Å². The fraction of sp³-hybridized carbons (Fsp3) is 0.632. The van der Waals surface area contributed by atoms with Gasteiger partial charge in [-0.2, -0.15) is 0 Å². The lowest BCUT2D eigenvalue weighted by Crippen LogP contribution is -2.50. The predicted octanol–water partition coefficient (Wildman–Crippen LogP) is 1.14. The molecule has 0 saturated carbocycles. The van der Waals surface area contributed by atoms with Gasteiger partial charge in [-0.1, -0.05) is 19.9 Å². The number of ether oxygens (including phenoxy) is 1. The summed E-state index contributed by atoms with van der Waals surface area (Å²) in [7, 11) is 0. The Morgan fingerprint density at radius 3 is 3.04 bits per heavy atom. The molecule has 1 aliphatic heterocycles. The third-order valence-electron chi connectivity index (χ3n) is 4.45. The second kappa shape index (κ2) is 9.66. The minimum atomic E-state index is 0.176. The van der Waals surface area contributed by atoms with Crippen molar-refractivity contribution in [1.29, 1.82) is 0 Å². The van der Waals surface area contributed by atoms with E-state index in [1.807, 2.05) is 28.8 Å². The number of pyridine rings is 1. The molecule has 148 valence electrons. The van der Waals surface area contributed by atoms with Gasteiger partial charge in [-0.05, 0) is 25.0 Å². The molecule has 8 heteroatoms. The van der Waals surface area contributed by atoms with Gasteiger partial charge >= 0.3 is 0 Å². The van der Waals surface area contributed by atoms with Crippen LogP contribution in [0.1, 0.15) is 26.6 Å². The van der Waals surface area contributed by atoms with E-state index in [9.17, 15) is 0 Å². The Morgan fingerprint density at radius 1 is 1.33 bits per heavy atom. The summed E-state index contributed by atoms with van der Waals surface area (Å²) < 4.78 is 7.87. The summed E-state index contributed by atoms with van der Waals surface area (Å²) in [4.78, 5) is 7.14. The SMILES string of the molecule is CCNC(=NCc1nnc2ccccn12)NCC1CN(CC(C)C)CCO1. The van der Waals surface area contributed by atoms with Crippen LogP contribution >= 0.6 is 0 Å². The first-order valence-electron chi connectivity index (χ1n) is 9.80. The lowest BCUT2D eigenvalue weighted by molar-refractivity contribution is -0.0284. The first-order chi connectivity index (χ1) is 13.2. The molecule has 0 spiro atoms. The molecule has 2 N–H and O–H groups in total. The van der Waals surface area contributed by atoms with Gasteiger partial charge in [0, 0.05) is 38.9 Å². The Balaban J connectivity index is 1.56. The number of nitrogens with zero attached hydrogens (tertiary/aromatic N) is 5. The predicted molar refractivity (Wildman–Crippen MR) is 107 cm³/mol. The van der Waals surface area contributed by atoms with Crippen molar-refractivity contribution in [3.63, 3.8) is 0 Å². The van der Waals surface area contributed by atoms with Crippen molar-refractivity contribution >= 4 is 11.6 Å². The van der Waals surface area contributed by atoms with Crippen LogP contribution in [0.15, 0.2) is 29.4 Å². The van der Waals surface area contributed by atoms with E-state index in [0.29, 0.717) is 12.5 Å². The van der Waals surface area contributed by atoms with Crippen molar-refractivity contribution in [3.05, 3.63) is 30.2 Å². The summed E-state index contributed by atoms with van der Waals surface area (Å²) in [5.74, 6) is 2.27. The largest absolute Gasteiger partial charge is 0.374 e. The Kier molecular flexibility index (Phi) is 7.00. The summed E-state index contributed by atoms with van der Waals surface area (Å²) in [6, 6.07) is 5.86. The van der Waals surface area contributed by atoms with E-state index in [1.54, 1.807) is 0 Å². The van der Waals surface area contributed by atoms with E-state index in [4.69, 9.17) is 4.74 Å². The second-order valence-electron chi connectivity index (χ2n) is 7.27. The van der Waals surface area contributed by atoms with Gasteiger partial charge in [0.1, 0.15) is 6.54 Å². The molecule has 8 nitrogen and oxygen atoms in total. The van der Waals surface area contributed by atoms with Gasteiger partial charge in [-0.3, -0.25) is 9.30 Å². The molecule has 0 bridgehead atoms. The van der Waals surface area contributed by atoms with Crippen LogP contribution in [-0.4, -0.2) is 70.9 Å². The molecule has 0 aliphatic carbocycles. The third kappa shape index (κ3) is 5.64. The van der Waals surface area contributed by atoms with Gasteiger partial charge in [0.05, 0.1) is 12.7 Å². The highest BCUT2D eigenvalue weighted by Crippen LogP contribution is 2.07. The maximum absolute atomic E-state index is 5.91. The Hall–Kier alpha value is -2.19. The minimum absolute atomic E-state index is 0.176. The quantitative estimate of drug-likeness (QED) is 0.560. The summed E-state index contributed by atoms with van der Waals surface area (Å²) in [5.41, 5.74) is 0.835. The molecule has 1 saturated heterocycles. The summed E-state index contributed by atoms with van der Waals surface area (Å²) in [5, 5.41) is 15.1. The van der Waals surface area contributed by atoms with Crippen LogP contribution in [0.5, 0.6) is 0 Å². The third-order valence-corrected chi connectivity index (χ3v) is 4.45. The highest BCUT2D eigenvalue weighted by molar-refractivity contribution is 5.79. The van der Waals surface area contributed by atoms with Crippen LogP contribution in [0, 0.1) is 5.92 Å². The Labute approximate surface area is 161 Å². The molecule has 3 rings (SSSR count). The average Bonchev–Trinajstić information content (AvgIpc) is 3.07. The highest BCUT2D eigenvalue weighted by atomic mass is 16.5. The second-order valence-corrected chi connectivity index (χ2v) is 7.27. The molecule has 0 radical (unpaired) electrons. The summed E-state index contributed by atoms with van der Waals surface area (Å²) in [6.07, 6.45) is 2.13. The maximum atomic E-state index is 5.91. The van der Waals surface area contributed by atoms with E-state index >= 15 is 0 Å². The van der Waals surface area contributed by atoms with Gasteiger partial charge in [0.15, 0.2) is 17.4 Å². The fourth-order valence-corrected chi connectivity index (χ4v) is 3.29. The number of morpholine rings is 1. The van der Waals surface area contributed by atoms with Crippen LogP contribution in [0.3, 0.4) is 0 Å². The summed E-state index contributed by atoms with van der Waals surface area (Å²) in [6.45, 7) is 12.5. The molecule has 27 heavy (non-hydrogen) atoms. The number of fused-ring (bicyclic) bond motifs is 1. The van der Waals surface area contributed by atoms with E-state index in [2.05, 4.69) is 51.5 Å². The van der Waals surface area contributed by atoms with Crippen LogP contribution in [0.2, 0.25) is 0 Å². The van der Waals surface area contributed by atoms with Crippen LogP contribution in [0.25, 0.3) is 5.65 Å². The molecule has 1 unspecified atom stereocenters. The molecule has 1 fully saturated rings. The summed E-state index contributed by atoms with van der Waals surface area (Å²) >= 11 is 0. The molecule has 3 heterocycles. The lowest BCUT2D eigenvalue weighted by atomic mass is 10.2. The normalized spacial score (nSPS) is 19.0. The number of rotatable bonds is 7. The maximum Gasteiger partial charge on any atom is 0.191 e. The van der Waals surface area contributed by atoms with Crippen molar-refractivity contribution < 1.29 is 4.74 Å². The highest BCUT2D eigenvalue weighted by Gasteiger charge is 2.21. The smallest absolute Gasteiger partial charge is 0.191 e. The van der Waals surface area contributed by atoms with Crippen LogP contribution in [-0.2, 0) is 11.3 Å². The Morgan fingerprint density at radius 2 is 2.22 bits per heavy atom. The molecule has 0 aromatic carbocycles. The molecule has 2 aromatic rings. The average molecular weight is 374 g/mol. The zero-order chi connectivity index (χ0) is 19.1.